The van der Waals surface area contributed by atoms with Crippen LogP contribution in [0.4, 0.5) is 10.1 Å². The predicted octanol–water partition coefficient (Wildman–Crippen LogP) is 3.75. The first-order chi connectivity index (χ1) is 8.14. The second-order valence-corrected chi connectivity index (χ2v) is 6.04. The Morgan fingerprint density at radius 3 is 2.17 bits per heavy atom. The minimum atomic E-state index is -0.640. The Labute approximate surface area is 109 Å². The van der Waals surface area contributed by atoms with Gasteiger partial charge >= 0.3 is 0 Å². The molecule has 18 heavy (non-hydrogen) atoms. The van der Waals surface area contributed by atoms with Gasteiger partial charge in [-0.2, -0.15) is 0 Å². The summed E-state index contributed by atoms with van der Waals surface area (Å²) in [7, 11) is 1.90. The number of aliphatic hydroxyl groups is 1. The Morgan fingerprint density at radius 1 is 1.22 bits per heavy atom. The van der Waals surface area contributed by atoms with Crippen molar-refractivity contribution in [1.82, 2.24) is 0 Å². The molecule has 2 nitrogen and oxygen atoms in total. The minimum absolute atomic E-state index is 0.0735. The predicted molar refractivity (Wildman–Crippen MR) is 74.4 cm³/mol. The lowest BCUT2D eigenvalue weighted by atomic mass is 9.87. The molecule has 0 aliphatic heterocycles. The van der Waals surface area contributed by atoms with E-state index >= 15 is 0 Å². The Balaban J connectivity index is 3.04. The SMILES string of the molecule is CC(N(C)c1ccc([C@@H](C)O)cc1F)C(C)(C)C. The second-order valence-electron chi connectivity index (χ2n) is 6.04. The molecule has 1 aromatic carbocycles. The molecule has 1 N–H and O–H groups in total. The van der Waals surface area contributed by atoms with E-state index in [1.807, 2.05) is 11.9 Å². The molecular formula is C15H24FNO. The van der Waals surface area contributed by atoms with Gasteiger partial charge in [-0.15, -0.1) is 0 Å². The number of rotatable bonds is 3. The molecule has 0 aliphatic rings. The molecule has 1 unspecified atom stereocenters. The summed E-state index contributed by atoms with van der Waals surface area (Å²) in [5.74, 6) is -0.285. The molecule has 0 spiro atoms. The number of hydrogen-bond donors (Lipinski definition) is 1. The van der Waals surface area contributed by atoms with E-state index in [2.05, 4.69) is 27.7 Å². The highest BCUT2D eigenvalue weighted by Gasteiger charge is 2.25. The van der Waals surface area contributed by atoms with E-state index in [1.54, 1.807) is 19.1 Å². The summed E-state index contributed by atoms with van der Waals surface area (Å²) in [4.78, 5) is 1.95. The van der Waals surface area contributed by atoms with Crippen LogP contribution in [0.2, 0.25) is 0 Å². The first-order valence-corrected chi connectivity index (χ1v) is 6.35. The fourth-order valence-electron chi connectivity index (χ4n) is 1.86. The van der Waals surface area contributed by atoms with Crippen molar-refractivity contribution in [2.75, 3.05) is 11.9 Å². The molecule has 0 saturated carbocycles. The van der Waals surface area contributed by atoms with Crippen LogP contribution in [0.25, 0.3) is 0 Å². The normalized spacial score (nSPS) is 15.3. The summed E-state index contributed by atoms with van der Waals surface area (Å²) >= 11 is 0. The molecule has 3 heteroatoms. The third-order valence-electron chi connectivity index (χ3n) is 3.67. The zero-order valence-corrected chi connectivity index (χ0v) is 12.2. The molecule has 0 amide bonds. The third-order valence-corrected chi connectivity index (χ3v) is 3.67. The quantitative estimate of drug-likeness (QED) is 0.886. The van der Waals surface area contributed by atoms with Crippen molar-refractivity contribution >= 4 is 5.69 Å². The topological polar surface area (TPSA) is 23.5 Å². The second kappa shape index (κ2) is 5.27. The summed E-state index contributed by atoms with van der Waals surface area (Å²) in [6, 6.07) is 5.13. The van der Waals surface area contributed by atoms with Gasteiger partial charge in [0, 0.05) is 13.1 Å². The summed E-state index contributed by atoms with van der Waals surface area (Å²) in [6.07, 6.45) is -0.640. The molecule has 0 fully saturated rings. The van der Waals surface area contributed by atoms with Crippen LogP contribution in [0, 0.1) is 11.2 Å². The summed E-state index contributed by atoms with van der Waals surface area (Å²) in [5.41, 5.74) is 1.25. The molecule has 102 valence electrons. The highest BCUT2D eigenvalue weighted by molar-refractivity contribution is 5.49. The van der Waals surface area contributed by atoms with E-state index in [4.69, 9.17) is 0 Å². The first-order valence-electron chi connectivity index (χ1n) is 6.35. The van der Waals surface area contributed by atoms with Crippen molar-refractivity contribution in [1.29, 1.82) is 0 Å². The first kappa shape index (κ1) is 15.0. The van der Waals surface area contributed by atoms with Gasteiger partial charge in [-0.1, -0.05) is 26.8 Å². The van der Waals surface area contributed by atoms with Crippen molar-refractivity contribution in [3.8, 4) is 0 Å². The van der Waals surface area contributed by atoms with Crippen LogP contribution in [0.15, 0.2) is 18.2 Å². The highest BCUT2D eigenvalue weighted by atomic mass is 19.1. The Bertz CT molecular complexity index is 409. The molecule has 0 aromatic heterocycles. The van der Waals surface area contributed by atoms with Crippen LogP contribution >= 0.6 is 0 Å². The molecule has 1 aromatic rings. The number of aliphatic hydroxyl groups excluding tert-OH is 1. The number of benzene rings is 1. The standard InChI is InChI=1S/C15H24FNO/c1-10(18)12-7-8-14(13(16)9-12)17(6)11(2)15(3,4)5/h7-11,18H,1-6H3/t10-,11?/m1/s1. The largest absolute Gasteiger partial charge is 0.389 e. The maximum absolute atomic E-state index is 14.1. The fraction of sp³-hybridized carbons (Fsp3) is 0.600. The summed E-state index contributed by atoms with van der Waals surface area (Å²) in [5, 5.41) is 9.44. The van der Waals surface area contributed by atoms with Gasteiger partial charge in [0.2, 0.25) is 0 Å². The van der Waals surface area contributed by atoms with E-state index < -0.39 is 6.10 Å². The average Bonchev–Trinajstić information content (AvgIpc) is 2.25. The lowest BCUT2D eigenvalue weighted by Crippen LogP contribution is -2.39. The van der Waals surface area contributed by atoms with Crippen LogP contribution < -0.4 is 4.90 Å². The van der Waals surface area contributed by atoms with E-state index in [0.717, 1.165) is 0 Å². The molecular weight excluding hydrogens is 229 g/mol. The smallest absolute Gasteiger partial charge is 0.146 e. The number of halogens is 1. The third kappa shape index (κ3) is 3.22. The maximum atomic E-state index is 14.1. The van der Waals surface area contributed by atoms with Crippen LogP contribution in [0.3, 0.4) is 0 Å². The summed E-state index contributed by atoms with van der Waals surface area (Å²) < 4.78 is 14.1. The lowest BCUT2D eigenvalue weighted by Gasteiger charge is -2.37. The Kier molecular flexibility index (Phi) is 4.38. The zero-order chi connectivity index (χ0) is 14.1. The van der Waals surface area contributed by atoms with Crippen molar-refractivity contribution in [3.05, 3.63) is 29.6 Å². The van der Waals surface area contributed by atoms with E-state index in [9.17, 15) is 9.50 Å². The highest BCUT2D eigenvalue weighted by Crippen LogP contribution is 2.30. The van der Waals surface area contributed by atoms with Crippen LogP contribution in [0.5, 0.6) is 0 Å². The average molecular weight is 253 g/mol. The van der Waals surface area contributed by atoms with Gasteiger partial charge in [0.25, 0.3) is 0 Å². The van der Waals surface area contributed by atoms with Crippen molar-refractivity contribution in [2.45, 2.75) is 46.8 Å². The van der Waals surface area contributed by atoms with Crippen LogP contribution in [-0.2, 0) is 0 Å². The molecule has 0 bridgehead atoms. The van der Waals surface area contributed by atoms with Crippen LogP contribution in [0.1, 0.15) is 46.3 Å². The number of nitrogens with zero attached hydrogens (tertiary/aromatic N) is 1. The Morgan fingerprint density at radius 2 is 1.78 bits per heavy atom. The molecule has 0 aliphatic carbocycles. The monoisotopic (exact) mass is 253 g/mol. The van der Waals surface area contributed by atoms with Gasteiger partial charge in [0.05, 0.1) is 11.8 Å². The molecule has 0 radical (unpaired) electrons. The zero-order valence-electron chi connectivity index (χ0n) is 12.2. The van der Waals surface area contributed by atoms with Crippen LogP contribution in [-0.4, -0.2) is 18.2 Å². The van der Waals surface area contributed by atoms with Gasteiger partial charge in [-0.3, -0.25) is 0 Å². The van der Waals surface area contributed by atoms with E-state index in [0.29, 0.717) is 11.3 Å². The minimum Gasteiger partial charge on any atom is -0.389 e. The summed E-state index contributed by atoms with van der Waals surface area (Å²) in [6.45, 7) is 10.1. The van der Waals surface area contributed by atoms with Gasteiger partial charge in [0.1, 0.15) is 5.82 Å². The number of hydrogen-bond acceptors (Lipinski definition) is 2. The number of anilines is 1. The molecule has 0 saturated heterocycles. The fourth-order valence-corrected chi connectivity index (χ4v) is 1.86. The van der Waals surface area contributed by atoms with Gasteiger partial charge in [-0.05, 0) is 37.0 Å². The molecule has 2 atom stereocenters. The van der Waals surface area contributed by atoms with Crippen molar-refractivity contribution in [3.63, 3.8) is 0 Å². The van der Waals surface area contributed by atoms with Crippen molar-refractivity contribution < 1.29 is 9.50 Å². The molecule has 0 heterocycles. The lowest BCUT2D eigenvalue weighted by molar-refractivity contribution is 0.199. The van der Waals surface area contributed by atoms with E-state index in [-0.39, 0.29) is 17.3 Å². The van der Waals surface area contributed by atoms with Gasteiger partial charge in [-0.25, -0.2) is 4.39 Å². The maximum Gasteiger partial charge on any atom is 0.146 e. The Hall–Kier alpha value is -1.09. The molecule has 1 rings (SSSR count). The van der Waals surface area contributed by atoms with Gasteiger partial charge < -0.3 is 10.0 Å². The van der Waals surface area contributed by atoms with Gasteiger partial charge in [0.15, 0.2) is 0 Å². The van der Waals surface area contributed by atoms with E-state index in [1.165, 1.54) is 6.07 Å². The van der Waals surface area contributed by atoms with Crippen molar-refractivity contribution in [2.24, 2.45) is 5.41 Å².